The number of nitrogens with two attached hydrogens (primary N) is 1. The van der Waals surface area contributed by atoms with Crippen molar-refractivity contribution >= 4 is 17.3 Å². The summed E-state index contributed by atoms with van der Waals surface area (Å²) >= 11 is 6.20. The first-order chi connectivity index (χ1) is 8.11. The molecule has 0 bridgehead atoms. The van der Waals surface area contributed by atoms with Crippen LogP contribution in [0.15, 0.2) is 18.2 Å². The number of hydrogen-bond acceptors (Lipinski definition) is 2. The van der Waals surface area contributed by atoms with Crippen LogP contribution in [0.2, 0.25) is 5.02 Å². The second-order valence-electron chi connectivity index (χ2n) is 5.22. The van der Waals surface area contributed by atoms with Crippen LogP contribution >= 0.6 is 11.6 Å². The van der Waals surface area contributed by atoms with Gasteiger partial charge in [-0.1, -0.05) is 31.5 Å². The fourth-order valence-electron chi connectivity index (χ4n) is 2.46. The highest BCUT2D eigenvalue weighted by Gasteiger charge is 2.25. The second kappa shape index (κ2) is 5.28. The number of anilines is 1. The molecule has 1 heterocycles. The maximum atomic E-state index is 6.20. The molecule has 1 unspecified atom stereocenters. The summed E-state index contributed by atoms with van der Waals surface area (Å²) in [4.78, 5) is 2.43. The molecule has 0 aromatic heterocycles. The standard InChI is InChI=1S/C14H21ClN2/c1-10(2)12-5-6-17(9-12)13-4-3-11(8-16)14(15)7-13/h3-4,7,10,12H,5-6,8-9,16H2,1-2H3. The zero-order chi connectivity index (χ0) is 12.4. The molecule has 0 saturated carbocycles. The Bertz CT molecular complexity index is 390. The monoisotopic (exact) mass is 252 g/mol. The molecule has 1 saturated heterocycles. The van der Waals surface area contributed by atoms with E-state index in [0.717, 1.165) is 35.5 Å². The predicted molar refractivity (Wildman–Crippen MR) is 74.5 cm³/mol. The van der Waals surface area contributed by atoms with Crippen molar-refractivity contribution in [3.8, 4) is 0 Å². The minimum absolute atomic E-state index is 0.508. The molecule has 0 radical (unpaired) electrons. The summed E-state index contributed by atoms with van der Waals surface area (Å²) in [6.45, 7) is 7.40. The van der Waals surface area contributed by atoms with Crippen molar-refractivity contribution in [2.75, 3.05) is 18.0 Å². The van der Waals surface area contributed by atoms with Crippen LogP contribution in [0.4, 0.5) is 5.69 Å². The normalized spacial score (nSPS) is 20.3. The van der Waals surface area contributed by atoms with Gasteiger partial charge < -0.3 is 10.6 Å². The Morgan fingerprint density at radius 3 is 2.76 bits per heavy atom. The average molecular weight is 253 g/mol. The van der Waals surface area contributed by atoms with E-state index < -0.39 is 0 Å². The SMILES string of the molecule is CC(C)C1CCN(c2ccc(CN)c(Cl)c2)C1. The van der Waals surface area contributed by atoms with Crippen molar-refractivity contribution in [2.45, 2.75) is 26.8 Å². The zero-order valence-corrected chi connectivity index (χ0v) is 11.4. The van der Waals surface area contributed by atoms with Crippen molar-refractivity contribution in [3.63, 3.8) is 0 Å². The molecule has 1 aromatic rings. The molecule has 1 aliphatic heterocycles. The highest BCUT2D eigenvalue weighted by atomic mass is 35.5. The molecule has 0 spiro atoms. The van der Waals surface area contributed by atoms with Gasteiger partial charge in [0.05, 0.1) is 0 Å². The first-order valence-electron chi connectivity index (χ1n) is 6.35. The summed E-state index contributed by atoms with van der Waals surface area (Å²) in [6, 6.07) is 6.23. The summed E-state index contributed by atoms with van der Waals surface area (Å²) in [6.07, 6.45) is 1.29. The van der Waals surface area contributed by atoms with Gasteiger partial charge in [-0.3, -0.25) is 0 Å². The van der Waals surface area contributed by atoms with Crippen LogP contribution in [0.25, 0.3) is 0 Å². The van der Waals surface area contributed by atoms with Gasteiger partial charge in [-0.15, -0.1) is 0 Å². The smallest absolute Gasteiger partial charge is 0.0471 e. The van der Waals surface area contributed by atoms with E-state index in [4.69, 9.17) is 17.3 Å². The Morgan fingerprint density at radius 1 is 1.47 bits per heavy atom. The Morgan fingerprint density at radius 2 is 2.24 bits per heavy atom. The zero-order valence-electron chi connectivity index (χ0n) is 10.6. The van der Waals surface area contributed by atoms with Gasteiger partial charge in [-0.05, 0) is 36.0 Å². The molecule has 0 amide bonds. The van der Waals surface area contributed by atoms with Gasteiger partial charge in [-0.25, -0.2) is 0 Å². The maximum Gasteiger partial charge on any atom is 0.0471 e. The Balaban J connectivity index is 2.11. The van der Waals surface area contributed by atoms with Gasteiger partial charge in [0.15, 0.2) is 0 Å². The lowest BCUT2D eigenvalue weighted by Gasteiger charge is -2.20. The van der Waals surface area contributed by atoms with Crippen molar-refractivity contribution in [2.24, 2.45) is 17.6 Å². The molecule has 1 fully saturated rings. The van der Waals surface area contributed by atoms with Gasteiger partial charge in [0.1, 0.15) is 0 Å². The molecule has 1 aliphatic rings. The Hall–Kier alpha value is -0.730. The lowest BCUT2D eigenvalue weighted by atomic mass is 9.95. The third-order valence-corrected chi connectivity index (χ3v) is 4.14. The third kappa shape index (κ3) is 2.75. The summed E-state index contributed by atoms with van der Waals surface area (Å²) in [5.41, 5.74) is 7.87. The van der Waals surface area contributed by atoms with Crippen LogP contribution in [-0.4, -0.2) is 13.1 Å². The minimum atomic E-state index is 0.508. The highest BCUT2D eigenvalue weighted by molar-refractivity contribution is 6.31. The second-order valence-corrected chi connectivity index (χ2v) is 5.63. The number of rotatable bonds is 3. The first-order valence-corrected chi connectivity index (χ1v) is 6.73. The molecule has 17 heavy (non-hydrogen) atoms. The molecule has 2 nitrogen and oxygen atoms in total. The lowest BCUT2D eigenvalue weighted by Crippen LogP contribution is -2.21. The molecule has 3 heteroatoms. The van der Waals surface area contributed by atoms with Crippen molar-refractivity contribution in [3.05, 3.63) is 28.8 Å². The number of hydrogen-bond donors (Lipinski definition) is 1. The molecular formula is C14H21ClN2. The predicted octanol–water partition coefficient (Wildman–Crippen LogP) is 3.28. The van der Waals surface area contributed by atoms with Crippen LogP contribution in [0, 0.1) is 11.8 Å². The van der Waals surface area contributed by atoms with Crippen molar-refractivity contribution in [1.82, 2.24) is 0 Å². The van der Waals surface area contributed by atoms with E-state index in [-0.39, 0.29) is 0 Å². The minimum Gasteiger partial charge on any atom is -0.371 e. The fourth-order valence-corrected chi connectivity index (χ4v) is 2.72. The van der Waals surface area contributed by atoms with Crippen LogP contribution in [0.5, 0.6) is 0 Å². The van der Waals surface area contributed by atoms with Crippen LogP contribution < -0.4 is 10.6 Å². The van der Waals surface area contributed by atoms with E-state index >= 15 is 0 Å². The molecule has 2 rings (SSSR count). The average Bonchev–Trinajstić information content (AvgIpc) is 2.78. The maximum absolute atomic E-state index is 6.20. The quantitative estimate of drug-likeness (QED) is 0.895. The van der Waals surface area contributed by atoms with E-state index in [1.807, 2.05) is 12.1 Å². The van der Waals surface area contributed by atoms with Gasteiger partial charge in [0.2, 0.25) is 0 Å². The van der Waals surface area contributed by atoms with E-state index in [0.29, 0.717) is 6.54 Å². The van der Waals surface area contributed by atoms with E-state index in [1.165, 1.54) is 12.1 Å². The lowest BCUT2D eigenvalue weighted by molar-refractivity contribution is 0.423. The number of nitrogens with zero attached hydrogens (tertiary/aromatic N) is 1. The van der Waals surface area contributed by atoms with Crippen molar-refractivity contribution < 1.29 is 0 Å². The molecule has 0 aliphatic carbocycles. The van der Waals surface area contributed by atoms with E-state index in [9.17, 15) is 0 Å². The van der Waals surface area contributed by atoms with E-state index in [1.54, 1.807) is 0 Å². The summed E-state index contributed by atoms with van der Waals surface area (Å²) in [5.74, 6) is 1.57. The molecule has 1 aromatic carbocycles. The van der Waals surface area contributed by atoms with E-state index in [2.05, 4.69) is 24.8 Å². The summed E-state index contributed by atoms with van der Waals surface area (Å²) in [5, 5.41) is 0.790. The topological polar surface area (TPSA) is 29.3 Å². The number of benzene rings is 1. The van der Waals surface area contributed by atoms with Crippen LogP contribution in [0.3, 0.4) is 0 Å². The Labute approximate surface area is 109 Å². The van der Waals surface area contributed by atoms with Crippen LogP contribution in [0.1, 0.15) is 25.8 Å². The van der Waals surface area contributed by atoms with Crippen molar-refractivity contribution in [1.29, 1.82) is 0 Å². The molecule has 2 N–H and O–H groups in total. The molecule has 1 atom stereocenters. The first kappa shape index (κ1) is 12.7. The summed E-state index contributed by atoms with van der Waals surface area (Å²) in [7, 11) is 0. The fraction of sp³-hybridized carbons (Fsp3) is 0.571. The van der Waals surface area contributed by atoms with Gasteiger partial charge >= 0.3 is 0 Å². The van der Waals surface area contributed by atoms with Gasteiger partial charge in [0.25, 0.3) is 0 Å². The highest BCUT2D eigenvalue weighted by Crippen LogP contribution is 2.30. The number of halogens is 1. The largest absolute Gasteiger partial charge is 0.371 e. The molecule has 94 valence electrons. The van der Waals surface area contributed by atoms with Gasteiger partial charge in [0, 0.05) is 30.3 Å². The molecular weight excluding hydrogens is 232 g/mol. The van der Waals surface area contributed by atoms with Crippen LogP contribution in [-0.2, 0) is 6.54 Å². The van der Waals surface area contributed by atoms with Gasteiger partial charge in [-0.2, -0.15) is 0 Å². The summed E-state index contributed by atoms with van der Waals surface area (Å²) < 4.78 is 0. The Kier molecular flexibility index (Phi) is 3.95. The third-order valence-electron chi connectivity index (χ3n) is 3.79.